The largest absolute Gasteiger partial charge is 0.398 e. The van der Waals surface area contributed by atoms with E-state index in [1.54, 1.807) is 0 Å². The molecule has 100 valence electrons. The Balaban J connectivity index is 1.82. The van der Waals surface area contributed by atoms with E-state index in [2.05, 4.69) is 35.9 Å². The fraction of sp³-hybridized carbons (Fsp3) is 0.600. The van der Waals surface area contributed by atoms with Crippen LogP contribution >= 0.6 is 0 Å². The first-order valence-corrected chi connectivity index (χ1v) is 6.91. The van der Waals surface area contributed by atoms with Gasteiger partial charge in [-0.05, 0) is 51.5 Å². The lowest BCUT2D eigenvalue weighted by Crippen LogP contribution is -2.31. The van der Waals surface area contributed by atoms with Gasteiger partial charge in [0.2, 0.25) is 0 Å². The molecular weight excluding hydrogens is 222 g/mol. The van der Waals surface area contributed by atoms with E-state index in [1.165, 1.54) is 43.6 Å². The highest BCUT2D eigenvalue weighted by Gasteiger charge is 2.12. The van der Waals surface area contributed by atoms with E-state index in [0.717, 1.165) is 18.8 Å². The number of rotatable bonds is 5. The molecule has 0 unspecified atom stereocenters. The van der Waals surface area contributed by atoms with Crippen LogP contribution in [0.1, 0.15) is 24.0 Å². The first-order chi connectivity index (χ1) is 8.65. The fourth-order valence-corrected chi connectivity index (χ4v) is 2.56. The van der Waals surface area contributed by atoms with Crippen LogP contribution in [0.25, 0.3) is 0 Å². The van der Waals surface area contributed by atoms with Crippen LogP contribution in [0.4, 0.5) is 5.69 Å². The molecule has 0 bridgehead atoms. The van der Waals surface area contributed by atoms with Crippen molar-refractivity contribution in [3.05, 3.63) is 29.3 Å². The van der Waals surface area contributed by atoms with Crippen molar-refractivity contribution in [3.8, 4) is 0 Å². The Morgan fingerprint density at radius 2 is 2.00 bits per heavy atom. The quantitative estimate of drug-likeness (QED) is 0.809. The summed E-state index contributed by atoms with van der Waals surface area (Å²) in [6, 6.07) is 6.28. The Labute approximate surface area is 111 Å². The average molecular weight is 247 g/mol. The van der Waals surface area contributed by atoms with Gasteiger partial charge in [0, 0.05) is 25.3 Å². The first-order valence-electron chi connectivity index (χ1n) is 6.91. The topological polar surface area (TPSA) is 32.5 Å². The highest BCUT2D eigenvalue weighted by atomic mass is 15.2. The molecule has 1 heterocycles. The molecule has 0 spiro atoms. The molecule has 18 heavy (non-hydrogen) atoms. The number of nitrogens with zero attached hydrogens (tertiary/aromatic N) is 2. The maximum Gasteiger partial charge on any atom is 0.0359 e. The van der Waals surface area contributed by atoms with Gasteiger partial charge < -0.3 is 15.5 Å². The maximum atomic E-state index is 6.02. The molecule has 0 amide bonds. The Kier molecular flexibility index (Phi) is 4.61. The van der Waals surface area contributed by atoms with Crippen LogP contribution < -0.4 is 5.73 Å². The second-order valence-electron chi connectivity index (χ2n) is 5.49. The summed E-state index contributed by atoms with van der Waals surface area (Å²) in [7, 11) is 2.18. The van der Waals surface area contributed by atoms with E-state index in [4.69, 9.17) is 5.73 Å². The molecule has 2 N–H and O–H groups in total. The molecule has 1 fully saturated rings. The number of anilines is 1. The molecule has 0 atom stereocenters. The number of likely N-dealkylation sites (tertiary alicyclic amines) is 1. The summed E-state index contributed by atoms with van der Waals surface area (Å²) in [5.41, 5.74) is 9.46. The van der Waals surface area contributed by atoms with Crippen LogP contribution in [0.15, 0.2) is 18.2 Å². The lowest BCUT2D eigenvalue weighted by molar-refractivity contribution is 0.252. The van der Waals surface area contributed by atoms with E-state index in [-0.39, 0.29) is 0 Å². The van der Waals surface area contributed by atoms with Crippen molar-refractivity contribution in [2.75, 3.05) is 39.0 Å². The van der Waals surface area contributed by atoms with Gasteiger partial charge in [0.05, 0.1) is 0 Å². The highest BCUT2D eigenvalue weighted by Crippen LogP contribution is 2.15. The van der Waals surface area contributed by atoms with Gasteiger partial charge in [0.1, 0.15) is 0 Å². The summed E-state index contributed by atoms with van der Waals surface area (Å²) < 4.78 is 0. The van der Waals surface area contributed by atoms with E-state index in [1.807, 2.05) is 6.07 Å². The Morgan fingerprint density at radius 1 is 1.28 bits per heavy atom. The monoisotopic (exact) mass is 247 g/mol. The van der Waals surface area contributed by atoms with Crippen molar-refractivity contribution in [2.45, 2.75) is 26.3 Å². The standard InChI is InChI=1S/C15H25N3/c1-13-5-6-15(16)14(11-13)12-17(2)9-10-18-7-3-4-8-18/h5-6,11H,3-4,7-10,12,16H2,1-2H3. The first kappa shape index (κ1) is 13.4. The molecule has 0 saturated carbocycles. The molecular formula is C15H25N3. The van der Waals surface area contributed by atoms with Crippen LogP contribution in [0.3, 0.4) is 0 Å². The summed E-state index contributed by atoms with van der Waals surface area (Å²) in [6.07, 6.45) is 2.74. The summed E-state index contributed by atoms with van der Waals surface area (Å²) in [5.74, 6) is 0. The molecule has 0 aromatic heterocycles. The third-order valence-corrected chi connectivity index (χ3v) is 3.74. The predicted octanol–water partition coefficient (Wildman–Crippen LogP) is 2.10. The van der Waals surface area contributed by atoms with Gasteiger partial charge in [-0.25, -0.2) is 0 Å². The van der Waals surface area contributed by atoms with Crippen LogP contribution in [-0.4, -0.2) is 43.0 Å². The Morgan fingerprint density at radius 3 is 2.72 bits per heavy atom. The van der Waals surface area contributed by atoms with E-state index >= 15 is 0 Å². The van der Waals surface area contributed by atoms with Crippen molar-refractivity contribution in [1.82, 2.24) is 9.80 Å². The van der Waals surface area contributed by atoms with Crippen molar-refractivity contribution in [3.63, 3.8) is 0 Å². The number of nitrogen functional groups attached to an aromatic ring is 1. The number of nitrogens with two attached hydrogens (primary N) is 1. The number of aryl methyl sites for hydroxylation is 1. The van der Waals surface area contributed by atoms with E-state index in [9.17, 15) is 0 Å². The third kappa shape index (κ3) is 3.72. The van der Waals surface area contributed by atoms with E-state index < -0.39 is 0 Å². The average Bonchev–Trinajstić information content (AvgIpc) is 2.84. The molecule has 1 aromatic carbocycles. The summed E-state index contributed by atoms with van der Waals surface area (Å²) in [4.78, 5) is 4.92. The minimum absolute atomic E-state index is 0.911. The summed E-state index contributed by atoms with van der Waals surface area (Å²) in [5, 5.41) is 0. The number of benzene rings is 1. The number of likely N-dealkylation sites (N-methyl/N-ethyl adjacent to an activating group) is 1. The zero-order chi connectivity index (χ0) is 13.0. The summed E-state index contributed by atoms with van der Waals surface area (Å²) >= 11 is 0. The highest BCUT2D eigenvalue weighted by molar-refractivity contribution is 5.48. The Hall–Kier alpha value is -1.06. The molecule has 3 nitrogen and oxygen atoms in total. The maximum absolute atomic E-state index is 6.02. The number of hydrogen-bond acceptors (Lipinski definition) is 3. The van der Waals surface area contributed by atoms with E-state index in [0.29, 0.717) is 0 Å². The van der Waals surface area contributed by atoms with Crippen molar-refractivity contribution < 1.29 is 0 Å². The second-order valence-corrected chi connectivity index (χ2v) is 5.49. The van der Waals surface area contributed by atoms with Crippen LogP contribution in [-0.2, 0) is 6.54 Å². The van der Waals surface area contributed by atoms with Crippen molar-refractivity contribution in [2.24, 2.45) is 0 Å². The van der Waals surface area contributed by atoms with Gasteiger partial charge in [-0.1, -0.05) is 17.7 Å². The van der Waals surface area contributed by atoms with Crippen LogP contribution in [0.2, 0.25) is 0 Å². The van der Waals surface area contributed by atoms with Gasteiger partial charge in [-0.3, -0.25) is 0 Å². The summed E-state index contributed by atoms with van der Waals surface area (Å²) in [6.45, 7) is 7.92. The molecule has 0 radical (unpaired) electrons. The molecule has 1 aromatic rings. The predicted molar refractivity (Wildman–Crippen MR) is 77.6 cm³/mol. The molecule has 2 rings (SSSR count). The van der Waals surface area contributed by atoms with Crippen molar-refractivity contribution in [1.29, 1.82) is 0 Å². The molecule has 0 aliphatic carbocycles. The lowest BCUT2D eigenvalue weighted by atomic mass is 10.1. The fourth-order valence-electron chi connectivity index (χ4n) is 2.56. The van der Waals surface area contributed by atoms with Gasteiger partial charge in [-0.15, -0.1) is 0 Å². The zero-order valence-corrected chi connectivity index (χ0v) is 11.7. The molecule has 1 aliphatic rings. The van der Waals surface area contributed by atoms with Gasteiger partial charge in [-0.2, -0.15) is 0 Å². The zero-order valence-electron chi connectivity index (χ0n) is 11.7. The van der Waals surface area contributed by atoms with Gasteiger partial charge >= 0.3 is 0 Å². The normalized spacial score (nSPS) is 16.6. The Bertz CT molecular complexity index is 383. The van der Waals surface area contributed by atoms with Gasteiger partial charge in [0.25, 0.3) is 0 Å². The molecule has 1 saturated heterocycles. The lowest BCUT2D eigenvalue weighted by Gasteiger charge is -2.22. The third-order valence-electron chi connectivity index (χ3n) is 3.74. The van der Waals surface area contributed by atoms with Crippen LogP contribution in [0.5, 0.6) is 0 Å². The van der Waals surface area contributed by atoms with Crippen LogP contribution in [0, 0.1) is 6.92 Å². The minimum atomic E-state index is 0.911. The second kappa shape index (κ2) is 6.21. The van der Waals surface area contributed by atoms with Gasteiger partial charge in [0.15, 0.2) is 0 Å². The molecule has 1 aliphatic heterocycles. The smallest absolute Gasteiger partial charge is 0.0359 e. The molecule has 3 heteroatoms. The van der Waals surface area contributed by atoms with Crippen molar-refractivity contribution >= 4 is 5.69 Å². The minimum Gasteiger partial charge on any atom is -0.398 e. The SMILES string of the molecule is Cc1ccc(N)c(CN(C)CCN2CCCC2)c1. The number of hydrogen-bond donors (Lipinski definition) is 1.